The van der Waals surface area contributed by atoms with Crippen molar-refractivity contribution in [2.75, 3.05) is 39.5 Å². The van der Waals surface area contributed by atoms with Crippen LogP contribution in [0.15, 0.2) is 18.2 Å². The number of halogens is 1. The second kappa shape index (κ2) is 5.80. The van der Waals surface area contributed by atoms with Gasteiger partial charge in [-0.1, -0.05) is 11.6 Å². The summed E-state index contributed by atoms with van der Waals surface area (Å²) in [5.74, 6) is 0.0520. The summed E-state index contributed by atoms with van der Waals surface area (Å²) in [6.45, 7) is 1.58. The van der Waals surface area contributed by atoms with Gasteiger partial charge < -0.3 is 15.1 Å². The zero-order valence-corrected chi connectivity index (χ0v) is 12.4. The lowest BCUT2D eigenvalue weighted by atomic mass is 10.1. The molecule has 2 rings (SSSR count). The van der Waals surface area contributed by atoms with E-state index >= 15 is 0 Å². The Hall–Kier alpha value is -1.26. The van der Waals surface area contributed by atoms with Crippen LogP contribution in [0, 0.1) is 0 Å². The van der Waals surface area contributed by atoms with Gasteiger partial charge >= 0.3 is 0 Å². The largest absolute Gasteiger partial charge is 0.387 e. The van der Waals surface area contributed by atoms with Gasteiger partial charge in [0.05, 0.1) is 5.56 Å². The first kappa shape index (κ1) is 14.2. The number of nitrogens with one attached hydrogen (secondary N) is 1. The fourth-order valence-corrected chi connectivity index (χ4v) is 2.60. The van der Waals surface area contributed by atoms with E-state index in [0.29, 0.717) is 16.6 Å². The average molecular weight is 282 g/mol. The molecule has 19 heavy (non-hydrogen) atoms. The van der Waals surface area contributed by atoms with Crippen LogP contribution in [0.4, 0.5) is 5.69 Å². The maximum atomic E-state index is 12.6. The quantitative estimate of drug-likeness (QED) is 0.922. The summed E-state index contributed by atoms with van der Waals surface area (Å²) in [6, 6.07) is 5.81. The molecule has 104 valence electrons. The highest BCUT2D eigenvalue weighted by Crippen LogP contribution is 2.24. The van der Waals surface area contributed by atoms with Gasteiger partial charge in [0.15, 0.2) is 0 Å². The van der Waals surface area contributed by atoms with Crippen LogP contribution < -0.4 is 5.32 Å². The first-order valence-corrected chi connectivity index (χ1v) is 6.83. The maximum absolute atomic E-state index is 12.6. The number of benzene rings is 1. The fraction of sp³-hybridized carbons (Fsp3) is 0.500. The molecule has 1 atom stereocenters. The second-order valence-corrected chi connectivity index (χ2v) is 5.53. The summed E-state index contributed by atoms with van der Waals surface area (Å²) in [7, 11) is 5.92. The van der Waals surface area contributed by atoms with Crippen LogP contribution in [0.1, 0.15) is 16.8 Å². The highest BCUT2D eigenvalue weighted by molar-refractivity contribution is 6.31. The minimum absolute atomic E-state index is 0.0520. The Morgan fingerprint density at radius 3 is 2.79 bits per heavy atom. The van der Waals surface area contributed by atoms with Gasteiger partial charge in [-0.25, -0.2) is 0 Å². The van der Waals surface area contributed by atoms with E-state index in [9.17, 15) is 4.79 Å². The van der Waals surface area contributed by atoms with Crippen LogP contribution in [0.25, 0.3) is 0 Å². The Labute approximate surface area is 119 Å². The van der Waals surface area contributed by atoms with E-state index in [1.165, 1.54) is 0 Å². The van der Waals surface area contributed by atoms with Crippen LogP contribution in [-0.4, -0.2) is 56.0 Å². The van der Waals surface area contributed by atoms with Crippen molar-refractivity contribution in [3.63, 3.8) is 0 Å². The monoisotopic (exact) mass is 281 g/mol. The van der Waals surface area contributed by atoms with Gasteiger partial charge in [0.2, 0.25) is 0 Å². The molecule has 0 radical (unpaired) electrons. The smallest absolute Gasteiger partial charge is 0.256 e. The number of amides is 1. The molecule has 1 N–H and O–H groups in total. The third-order valence-corrected chi connectivity index (χ3v) is 3.90. The summed E-state index contributed by atoms with van der Waals surface area (Å²) in [5.41, 5.74) is 1.47. The number of likely N-dealkylation sites (tertiary alicyclic amines) is 1. The molecule has 1 unspecified atom stereocenters. The number of anilines is 1. The van der Waals surface area contributed by atoms with E-state index in [4.69, 9.17) is 11.6 Å². The van der Waals surface area contributed by atoms with Gasteiger partial charge in [0.25, 0.3) is 5.91 Å². The van der Waals surface area contributed by atoms with Crippen molar-refractivity contribution in [1.82, 2.24) is 9.80 Å². The molecule has 4 nitrogen and oxygen atoms in total. The van der Waals surface area contributed by atoms with Crippen molar-refractivity contribution in [2.45, 2.75) is 12.5 Å². The number of hydrogen-bond donors (Lipinski definition) is 1. The number of hydrogen-bond acceptors (Lipinski definition) is 3. The molecular formula is C14H20ClN3O. The molecule has 1 aliphatic heterocycles. The number of likely N-dealkylation sites (N-methyl/N-ethyl adjacent to an activating group) is 1. The zero-order chi connectivity index (χ0) is 14.0. The highest BCUT2D eigenvalue weighted by Gasteiger charge is 2.29. The van der Waals surface area contributed by atoms with Gasteiger partial charge in [-0.2, -0.15) is 0 Å². The predicted octanol–water partition coefficient (Wildman–Crippen LogP) is 2.16. The lowest BCUT2D eigenvalue weighted by Gasteiger charge is -2.21. The minimum atomic E-state index is 0.0520. The molecule has 1 heterocycles. The van der Waals surface area contributed by atoms with E-state index in [1.54, 1.807) is 12.1 Å². The summed E-state index contributed by atoms with van der Waals surface area (Å²) >= 11 is 6.00. The SMILES string of the molecule is CNc1ccc(Cl)cc1C(=O)N1CCC(N(C)C)C1. The van der Waals surface area contributed by atoms with Crippen molar-refractivity contribution < 1.29 is 4.79 Å². The van der Waals surface area contributed by atoms with Gasteiger partial charge in [0.1, 0.15) is 0 Å². The lowest BCUT2D eigenvalue weighted by molar-refractivity contribution is 0.0784. The van der Waals surface area contributed by atoms with Crippen molar-refractivity contribution in [1.29, 1.82) is 0 Å². The number of carbonyl (C=O) groups excluding carboxylic acids is 1. The Balaban J connectivity index is 2.19. The maximum Gasteiger partial charge on any atom is 0.256 e. The minimum Gasteiger partial charge on any atom is -0.387 e. The van der Waals surface area contributed by atoms with Gasteiger partial charge in [-0.05, 0) is 38.7 Å². The first-order valence-electron chi connectivity index (χ1n) is 6.46. The predicted molar refractivity (Wildman–Crippen MR) is 79.0 cm³/mol. The topological polar surface area (TPSA) is 35.6 Å². The number of rotatable bonds is 3. The van der Waals surface area contributed by atoms with Gasteiger partial charge in [0, 0.05) is 36.9 Å². The molecule has 1 amide bonds. The summed E-state index contributed by atoms with van der Waals surface area (Å²) < 4.78 is 0. The summed E-state index contributed by atoms with van der Waals surface area (Å²) in [6.07, 6.45) is 1.02. The second-order valence-electron chi connectivity index (χ2n) is 5.10. The van der Waals surface area contributed by atoms with E-state index in [1.807, 2.05) is 18.0 Å². The average Bonchev–Trinajstić information content (AvgIpc) is 2.87. The van der Waals surface area contributed by atoms with Crippen molar-refractivity contribution in [3.05, 3.63) is 28.8 Å². The third kappa shape index (κ3) is 3.01. The molecule has 0 aliphatic carbocycles. The Kier molecular flexibility index (Phi) is 4.32. The molecule has 0 bridgehead atoms. The first-order chi connectivity index (χ1) is 9.02. The number of carbonyl (C=O) groups is 1. The normalized spacial score (nSPS) is 19.0. The van der Waals surface area contributed by atoms with Crippen LogP contribution in [0.5, 0.6) is 0 Å². The molecule has 5 heteroatoms. The van der Waals surface area contributed by atoms with E-state index in [0.717, 1.165) is 25.2 Å². The molecule has 1 saturated heterocycles. The van der Waals surface area contributed by atoms with Crippen LogP contribution in [-0.2, 0) is 0 Å². The van der Waals surface area contributed by atoms with Crippen molar-refractivity contribution >= 4 is 23.2 Å². The highest BCUT2D eigenvalue weighted by atomic mass is 35.5. The van der Waals surface area contributed by atoms with Gasteiger partial charge in [-0.3, -0.25) is 4.79 Å². The lowest BCUT2D eigenvalue weighted by Crippen LogP contribution is -2.34. The van der Waals surface area contributed by atoms with Crippen molar-refractivity contribution in [2.24, 2.45) is 0 Å². The summed E-state index contributed by atoms with van der Waals surface area (Å²) in [4.78, 5) is 16.6. The molecule has 1 fully saturated rings. The Bertz CT molecular complexity index is 476. The Morgan fingerprint density at radius 1 is 1.47 bits per heavy atom. The molecular weight excluding hydrogens is 262 g/mol. The molecule has 0 saturated carbocycles. The van der Waals surface area contributed by atoms with E-state index in [-0.39, 0.29) is 5.91 Å². The van der Waals surface area contributed by atoms with Crippen molar-refractivity contribution in [3.8, 4) is 0 Å². The standard InChI is InChI=1S/C14H20ClN3O/c1-16-13-5-4-10(15)8-12(13)14(19)18-7-6-11(9-18)17(2)3/h4-5,8,11,16H,6-7,9H2,1-3H3. The summed E-state index contributed by atoms with van der Waals surface area (Å²) in [5, 5.41) is 3.63. The van der Waals surface area contributed by atoms with Gasteiger partial charge in [-0.15, -0.1) is 0 Å². The van der Waals surface area contributed by atoms with Crippen LogP contribution in [0.3, 0.4) is 0 Å². The Morgan fingerprint density at radius 2 is 2.21 bits per heavy atom. The zero-order valence-electron chi connectivity index (χ0n) is 11.6. The molecule has 0 aromatic heterocycles. The van der Waals surface area contributed by atoms with E-state index in [2.05, 4.69) is 24.3 Å². The molecule has 1 aliphatic rings. The number of nitrogens with zero attached hydrogens (tertiary/aromatic N) is 2. The molecule has 0 spiro atoms. The van der Waals surface area contributed by atoms with E-state index < -0.39 is 0 Å². The molecule has 1 aromatic carbocycles. The molecule has 1 aromatic rings. The third-order valence-electron chi connectivity index (χ3n) is 3.66. The van der Waals surface area contributed by atoms with Crippen LogP contribution >= 0.6 is 11.6 Å². The fourth-order valence-electron chi connectivity index (χ4n) is 2.43. The van der Waals surface area contributed by atoms with Crippen LogP contribution in [0.2, 0.25) is 5.02 Å².